The predicted molar refractivity (Wildman–Crippen MR) is 61.1 cm³/mol. The lowest BCUT2D eigenvalue weighted by Crippen LogP contribution is -2.07. The van der Waals surface area contributed by atoms with Gasteiger partial charge < -0.3 is 14.9 Å². The molecule has 0 fully saturated rings. The van der Waals surface area contributed by atoms with Crippen molar-refractivity contribution in [3.05, 3.63) is 16.7 Å². The lowest BCUT2D eigenvalue weighted by Gasteiger charge is -2.16. The van der Waals surface area contributed by atoms with Crippen LogP contribution in [0, 0.1) is 6.92 Å². The van der Waals surface area contributed by atoms with E-state index in [1.165, 1.54) is 27.9 Å². The Morgan fingerprint density at radius 3 is 1.59 bits per heavy atom. The molecule has 0 aromatic heterocycles. The Labute approximate surface area is 98.6 Å². The summed E-state index contributed by atoms with van der Waals surface area (Å²) >= 11 is 0. The Bertz CT molecular complexity index is 461. The van der Waals surface area contributed by atoms with Crippen LogP contribution in [0.3, 0.4) is 0 Å². The Balaban J connectivity index is 3.85. The topological polar surface area (TPSA) is 83.8 Å². The van der Waals surface area contributed by atoms with Crippen LogP contribution in [-0.2, 0) is 0 Å². The first-order valence-electron chi connectivity index (χ1n) is 4.97. The van der Waals surface area contributed by atoms with E-state index in [2.05, 4.69) is 0 Å². The Kier molecular flexibility index (Phi) is 3.41. The Morgan fingerprint density at radius 1 is 1.00 bits per heavy atom. The zero-order valence-corrected chi connectivity index (χ0v) is 10.1. The van der Waals surface area contributed by atoms with Gasteiger partial charge >= 0.3 is 0 Å². The predicted octanol–water partition coefficient (Wildman–Crippen LogP) is 1.82. The molecule has 0 amide bonds. The molecule has 0 radical (unpaired) electrons. The summed E-state index contributed by atoms with van der Waals surface area (Å²) in [6.07, 6.45) is 0. The number of benzene rings is 1. The van der Waals surface area contributed by atoms with Gasteiger partial charge in [-0.05, 0) is 20.8 Å². The molecule has 5 nitrogen and oxygen atoms in total. The molecular formula is C12H14O5. The van der Waals surface area contributed by atoms with Crippen LogP contribution in [0.25, 0.3) is 0 Å². The van der Waals surface area contributed by atoms with E-state index in [0.717, 1.165) is 0 Å². The van der Waals surface area contributed by atoms with Crippen molar-refractivity contribution in [1.82, 2.24) is 0 Å². The van der Waals surface area contributed by atoms with Crippen LogP contribution < -0.4 is 4.74 Å². The molecule has 17 heavy (non-hydrogen) atoms. The summed E-state index contributed by atoms with van der Waals surface area (Å²) in [6, 6.07) is 0. The number of rotatable bonds is 3. The molecule has 5 heteroatoms. The van der Waals surface area contributed by atoms with Crippen LogP contribution in [0.1, 0.15) is 40.1 Å². The van der Waals surface area contributed by atoms with Gasteiger partial charge in [-0.2, -0.15) is 0 Å². The highest BCUT2D eigenvalue weighted by atomic mass is 16.5. The molecule has 0 bridgehead atoms. The molecule has 0 aliphatic carbocycles. The van der Waals surface area contributed by atoms with Crippen molar-refractivity contribution in [2.45, 2.75) is 20.8 Å². The molecule has 2 N–H and O–H groups in total. The van der Waals surface area contributed by atoms with Crippen LogP contribution in [0.15, 0.2) is 0 Å². The van der Waals surface area contributed by atoms with Gasteiger partial charge in [-0.15, -0.1) is 0 Å². The number of phenolic OH excluding ortho intramolecular Hbond substituents is 2. The maximum atomic E-state index is 11.5. The number of Topliss-reactive ketones (excluding diaryl/α,β-unsaturated/α-hetero) is 2. The SMILES string of the molecule is COc1c(C(C)=O)c(O)c(C)c(O)c1C(C)=O. The summed E-state index contributed by atoms with van der Waals surface area (Å²) in [5, 5.41) is 19.6. The van der Waals surface area contributed by atoms with Crippen molar-refractivity contribution in [2.24, 2.45) is 0 Å². The molecule has 0 saturated carbocycles. The number of aromatic hydroxyl groups is 2. The molecule has 1 aromatic carbocycles. The first kappa shape index (κ1) is 13.0. The average molecular weight is 238 g/mol. The highest BCUT2D eigenvalue weighted by Gasteiger charge is 2.26. The van der Waals surface area contributed by atoms with E-state index >= 15 is 0 Å². The van der Waals surface area contributed by atoms with Gasteiger partial charge in [0.15, 0.2) is 11.6 Å². The van der Waals surface area contributed by atoms with Gasteiger partial charge in [0.1, 0.15) is 28.4 Å². The second-order valence-electron chi connectivity index (χ2n) is 3.72. The number of carbonyl (C=O) groups excluding carboxylic acids is 2. The quantitative estimate of drug-likeness (QED) is 0.785. The van der Waals surface area contributed by atoms with E-state index in [9.17, 15) is 19.8 Å². The minimum atomic E-state index is -0.440. The summed E-state index contributed by atoms with van der Waals surface area (Å²) < 4.78 is 4.95. The van der Waals surface area contributed by atoms with Crippen molar-refractivity contribution in [3.8, 4) is 17.2 Å². The molecule has 92 valence electrons. The second-order valence-corrected chi connectivity index (χ2v) is 3.72. The molecule has 0 atom stereocenters. The van der Waals surface area contributed by atoms with Crippen LogP contribution >= 0.6 is 0 Å². The smallest absolute Gasteiger partial charge is 0.167 e. The number of ketones is 2. The third kappa shape index (κ3) is 1.95. The van der Waals surface area contributed by atoms with Crippen molar-refractivity contribution in [3.63, 3.8) is 0 Å². The maximum absolute atomic E-state index is 11.5. The van der Waals surface area contributed by atoms with Gasteiger partial charge in [-0.3, -0.25) is 9.59 Å². The molecule has 0 spiro atoms. The summed E-state index contributed by atoms with van der Waals surface area (Å²) in [4.78, 5) is 22.9. The summed E-state index contributed by atoms with van der Waals surface area (Å²) in [5.74, 6) is -1.70. The van der Waals surface area contributed by atoms with Gasteiger partial charge in [-0.25, -0.2) is 0 Å². The maximum Gasteiger partial charge on any atom is 0.167 e. The number of phenols is 2. The van der Waals surface area contributed by atoms with E-state index in [1.54, 1.807) is 0 Å². The van der Waals surface area contributed by atoms with E-state index < -0.39 is 11.6 Å². The first-order valence-corrected chi connectivity index (χ1v) is 4.97. The molecule has 0 aliphatic rings. The fraction of sp³-hybridized carbons (Fsp3) is 0.333. The number of hydrogen-bond donors (Lipinski definition) is 2. The minimum absolute atomic E-state index is 0.0844. The van der Waals surface area contributed by atoms with Crippen molar-refractivity contribution >= 4 is 11.6 Å². The third-order valence-corrected chi connectivity index (χ3v) is 2.55. The fourth-order valence-electron chi connectivity index (χ4n) is 1.68. The number of ether oxygens (including phenoxy) is 1. The van der Waals surface area contributed by atoms with Gasteiger partial charge in [-0.1, -0.05) is 0 Å². The number of carbonyl (C=O) groups is 2. The molecule has 1 rings (SSSR count). The van der Waals surface area contributed by atoms with E-state index in [4.69, 9.17) is 4.74 Å². The van der Waals surface area contributed by atoms with Gasteiger partial charge in [0.05, 0.1) is 7.11 Å². The van der Waals surface area contributed by atoms with Crippen molar-refractivity contribution < 1.29 is 24.5 Å². The van der Waals surface area contributed by atoms with Crippen molar-refractivity contribution in [1.29, 1.82) is 0 Å². The fourth-order valence-corrected chi connectivity index (χ4v) is 1.68. The summed E-state index contributed by atoms with van der Waals surface area (Å²) in [5.41, 5.74) is -0.0952. The Hall–Kier alpha value is -2.04. The van der Waals surface area contributed by atoms with Crippen molar-refractivity contribution in [2.75, 3.05) is 7.11 Å². The normalized spacial score (nSPS) is 10.1. The third-order valence-electron chi connectivity index (χ3n) is 2.55. The molecule has 0 heterocycles. The van der Waals surface area contributed by atoms with Gasteiger partial charge in [0, 0.05) is 5.56 Å². The molecule has 0 aliphatic heterocycles. The monoisotopic (exact) mass is 238 g/mol. The average Bonchev–Trinajstić information content (AvgIpc) is 2.23. The zero-order valence-electron chi connectivity index (χ0n) is 10.1. The number of hydrogen-bond acceptors (Lipinski definition) is 5. The standard InChI is InChI=1S/C12H14O5/c1-5-10(15)8(6(2)13)12(17-4)9(7(3)14)11(5)16/h15-16H,1-4H3. The summed E-state index contributed by atoms with van der Waals surface area (Å²) in [7, 11) is 1.27. The lowest BCUT2D eigenvalue weighted by atomic mass is 9.97. The second kappa shape index (κ2) is 4.45. The molecule has 1 aromatic rings. The van der Waals surface area contributed by atoms with Crippen LogP contribution in [0.4, 0.5) is 0 Å². The first-order chi connectivity index (χ1) is 7.82. The van der Waals surface area contributed by atoms with Crippen LogP contribution in [0.5, 0.6) is 17.2 Å². The molecule has 0 unspecified atom stereocenters. The minimum Gasteiger partial charge on any atom is -0.507 e. The lowest BCUT2D eigenvalue weighted by molar-refractivity contribution is 0.100. The largest absolute Gasteiger partial charge is 0.507 e. The highest BCUT2D eigenvalue weighted by molar-refractivity contribution is 6.08. The molecule has 0 saturated heterocycles. The highest BCUT2D eigenvalue weighted by Crippen LogP contribution is 2.42. The van der Waals surface area contributed by atoms with E-state index in [0.29, 0.717) is 0 Å². The Morgan fingerprint density at radius 2 is 1.35 bits per heavy atom. The van der Waals surface area contributed by atoms with Gasteiger partial charge in [0.25, 0.3) is 0 Å². The summed E-state index contributed by atoms with van der Waals surface area (Å²) in [6.45, 7) is 3.92. The number of methoxy groups -OCH3 is 1. The zero-order chi connectivity index (χ0) is 13.3. The van der Waals surface area contributed by atoms with Gasteiger partial charge in [0.2, 0.25) is 0 Å². The van der Waals surface area contributed by atoms with Crippen LogP contribution in [-0.4, -0.2) is 28.9 Å². The molecular weight excluding hydrogens is 224 g/mol. The van der Waals surface area contributed by atoms with E-state index in [-0.39, 0.29) is 33.9 Å². The van der Waals surface area contributed by atoms with Crippen LogP contribution in [0.2, 0.25) is 0 Å². The van der Waals surface area contributed by atoms with E-state index in [1.807, 2.05) is 0 Å².